The molecule has 22 heavy (non-hydrogen) atoms. The van der Waals surface area contributed by atoms with E-state index in [9.17, 15) is 15.3 Å². The molecule has 0 spiro atoms. The van der Waals surface area contributed by atoms with E-state index in [-0.39, 0.29) is 19.8 Å². The fraction of sp³-hybridized carbons (Fsp3) is 0.444. The van der Waals surface area contributed by atoms with E-state index in [2.05, 4.69) is 38.8 Å². The Morgan fingerprint density at radius 1 is 0.955 bits per heavy atom. The van der Waals surface area contributed by atoms with Gasteiger partial charge in [0.1, 0.15) is 0 Å². The van der Waals surface area contributed by atoms with Crippen LogP contribution in [0.4, 0.5) is 0 Å². The minimum atomic E-state index is -0.0243. The molecule has 0 amide bonds. The van der Waals surface area contributed by atoms with Crippen molar-refractivity contribution in [2.45, 2.75) is 32.6 Å². The average Bonchev–Trinajstić information content (AvgIpc) is 2.87. The molecule has 0 N–H and O–H groups in total. The van der Waals surface area contributed by atoms with E-state index in [1.54, 1.807) is 21.6 Å². The molecule has 0 saturated heterocycles. The molecule has 0 aromatic carbocycles. The number of hydrogen-bond acceptors (Lipinski definition) is 3. The molecule has 0 unspecified atom stereocenters. The van der Waals surface area contributed by atoms with E-state index in [4.69, 9.17) is 0 Å². The molecule has 0 aromatic heterocycles. The molecular formula is C18H28HfO3. The van der Waals surface area contributed by atoms with Gasteiger partial charge in [-0.05, 0) is 0 Å². The molecule has 0 radical (unpaired) electrons. The molecule has 0 bridgehead atoms. The summed E-state index contributed by atoms with van der Waals surface area (Å²) in [5.41, 5.74) is 1.51. The van der Waals surface area contributed by atoms with Crippen LogP contribution in [0.15, 0.2) is 59.0 Å². The van der Waals surface area contributed by atoms with Crippen LogP contribution in [0, 0.1) is 0 Å². The van der Waals surface area contributed by atoms with E-state index in [1.165, 1.54) is 36.4 Å². The van der Waals surface area contributed by atoms with Gasteiger partial charge in [0.15, 0.2) is 0 Å². The van der Waals surface area contributed by atoms with E-state index in [0.29, 0.717) is 19.3 Å². The third-order valence-electron chi connectivity index (χ3n) is 2.13. The van der Waals surface area contributed by atoms with Crippen molar-refractivity contribution in [2.75, 3.05) is 19.8 Å². The predicted octanol–water partition coefficient (Wildman–Crippen LogP) is 1.54. The van der Waals surface area contributed by atoms with Gasteiger partial charge in [-0.3, -0.25) is 0 Å². The van der Waals surface area contributed by atoms with Gasteiger partial charge in [-0.2, -0.15) is 0 Å². The summed E-state index contributed by atoms with van der Waals surface area (Å²) in [6.45, 7) is 12.2. The van der Waals surface area contributed by atoms with Gasteiger partial charge in [-0.25, -0.2) is 0 Å². The van der Waals surface area contributed by atoms with E-state index < -0.39 is 0 Å². The van der Waals surface area contributed by atoms with Gasteiger partial charge in [0.05, 0.1) is 0 Å². The maximum atomic E-state index is 9.46. The van der Waals surface area contributed by atoms with E-state index in [0.717, 1.165) is 0 Å². The van der Waals surface area contributed by atoms with Crippen LogP contribution in [0.1, 0.15) is 32.6 Å². The predicted molar refractivity (Wildman–Crippen MR) is 85.5 cm³/mol. The van der Waals surface area contributed by atoms with E-state index >= 15 is 0 Å². The first kappa shape index (κ1) is 26.4. The van der Waals surface area contributed by atoms with Crippen LogP contribution < -0.4 is 15.3 Å². The summed E-state index contributed by atoms with van der Waals surface area (Å²) in [6.07, 6.45) is 12.3. The second-order valence-electron chi connectivity index (χ2n) is 4.11. The van der Waals surface area contributed by atoms with Crippen LogP contribution in [0.3, 0.4) is 0 Å². The topological polar surface area (TPSA) is 69.2 Å². The number of rotatable bonds is 6. The molecule has 0 atom stereocenters. The summed E-state index contributed by atoms with van der Waals surface area (Å²) in [4.78, 5) is 0. The third kappa shape index (κ3) is 27.7. The van der Waals surface area contributed by atoms with Crippen molar-refractivity contribution in [3.63, 3.8) is 0 Å². The van der Waals surface area contributed by atoms with Crippen molar-refractivity contribution < 1.29 is 39.7 Å². The summed E-state index contributed by atoms with van der Waals surface area (Å²) >= 11 is 1.25. The Kier molecular flexibility index (Phi) is 30.4. The van der Waals surface area contributed by atoms with Gasteiger partial charge in [0, 0.05) is 0 Å². The first-order valence-corrected chi connectivity index (χ1v) is 9.00. The van der Waals surface area contributed by atoms with Crippen LogP contribution in [0.25, 0.3) is 0 Å². The fourth-order valence-corrected chi connectivity index (χ4v) is 1.59. The first-order valence-electron chi connectivity index (χ1n) is 7.20. The standard InChI is InChI=1S/C6H7.3C4H7O.Hf/c1-6-4-2-3-5-6;3*1-2-3-4-5;/h2,4H,3H2,1H3;3*2H,1,3-4H2;/q;3*-1;+3. The average molecular weight is 471 g/mol. The normalized spacial score (nSPS) is 11.2. The summed E-state index contributed by atoms with van der Waals surface area (Å²) in [7, 11) is 0. The van der Waals surface area contributed by atoms with Crippen LogP contribution in [-0.4, -0.2) is 19.8 Å². The Morgan fingerprint density at radius 2 is 1.32 bits per heavy atom. The quantitative estimate of drug-likeness (QED) is 0.437. The van der Waals surface area contributed by atoms with Crippen LogP contribution in [-0.2, 0) is 24.4 Å². The van der Waals surface area contributed by atoms with E-state index in [1.807, 2.05) is 0 Å². The molecule has 4 heteroatoms. The van der Waals surface area contributed by atoms with Crippen molar-refractivity contribution >= 4 is 0 Å². The van der Waals surface area contributed by atoms with Crippen molar-refractivity contribution in [3.8, 4) is 0 Å². The SMILES string of the molecule is C=CCC[O-].C=CCC[O-].C=CCC[O-].CC1=[C]([Hf+3])CC=C1. The first-order chi connectivity index (χ1) is 10.5. The molecule has 122 valence electrons. The van der Waals surface area contributed by atoms with Gasteiger partial charge in [0.25, 0.3) is 0 Å². The number of allylic oxidation sites excluding steroid dienone is 4. The molecular weight excluding hydrogens is 443 g/mol. The van der Waals surface area contributed by atoms with Crippen LogP contribution >= 0.6 is 0 Å². The van der Waals surface area contributed by atoms with Gasteiger partial charge in [-0.1, -0.05) is 37.5 Å². The second-order valence-corrected chi connectivity index (χ2v) is 6.28. The summed E-state index contributed by atoms with van der Waals surface area (Å²) in [5.74, 6) is 0. The summed E-state index contributed by atoms with van der Waals surface area (Å²) in [5, 5.41) is 28.4. The Bertz CT molecular complexity index is 297. The summed E-state index contributed by atoms with van der Waals surface area (Å²) in [6, 6.07) is 0. The fourth-order valence-electron chi connectivity index (χ4n) is 0.865. The maximum absolute atomic E-state index is 9.46. The molecule has 0 aromatic rings. The molecule has 1 rings (SSSR count). The molecule has 0 fully saturated rings. The van der Waals surface area contributed by atoms with Gasteiger partial charge in [-0.15, -0.1) is 39.6 Å². The van der Waals surface area contributed by atoms with Crippen molar-refractivity contribution in [2.24, 2.45) is 0 Å². The zero-order valence-corrected chi connectivity index (χ0v) is 17.3. The Labute approximate surface area is 151 Å². The second kappa shape index (κ2) is 25.4. The summed E-state index contributed by atoms with van der Waals surface area (Å²) < 4.78 is 1.65. The third-order valence-corrected chi connectivity index (χ3v) is 4.28. The zero-order chi connectivity index (χ0) is 17.6. The monoisotopic (exact) mass is 472 g/mol. The van der Waals surface area contributed by atoms with Crippen molar-refractivity contribution in [3.05, 3.63) is 59.0 Å². The Balaban J connectivity index is -0.000000223. The molecule has 0 aliphatic heterocycles. The molecule has 3 nitrogen and oxygen atoms in total. The van der Waals surface area contributed by atoms with Crippen LogP contribution in [0.5, 0.6) is 0 Å². The zero-order valence-electron chi connectivity index (χ0n) is 13.7. The molecule has 1 aliphatic carbocycles. The van der Waals surface area contributed by atoms with Crippen molar-refractivity contribution in [1.82, 2.24) is 0 Å². The minimum absolute atomic E-state index is 0.0243. The molecule has 0 heterocycles. The van der Waals surface area contributed by atoms with Crippen molar-refractivity contribution in [1.29, 1.82) is 0 Å². The molecule has 0 saturated carbocycles. The van der Waals surface area contributed by atoms with Gasteiger partial charge < -0.3 is 15.3 Å². The Morgan fingerprint density at radius 3 is 1.36 bits per heavy atom. The van der Waals surface area contributed by atoms with Gasteiger partial charge >= 0.3 is 58.8 Å². The Hall–Kier alpha value is -0.550. The number of hydrogen-bond donors (Lipinski definition) is 0. The van der Waals surface area contributed by atoms with Gasteiger partial charge in [0.2, 0.25) is 0 Å². The van der Waals surface area contributed by atoms with Crippen LogP contribution in [0.2, 0.25) is 0 Å². The molecule has 1 aliphatic rings.